The first kappa shape index (κ1) is 25.4. The second-order valence-electron chi connectivity index (χ2n) is 14.2. The Morgan fingerprint density at radius 2 is 1.00 bits per heavy atom. The van der Waals surface area contributed by atoms with Crippen LogP contribution < -0.4 is 20.2 Å². The normalized spacial score (nSPS) is 19.3. The van der Waals surface area contributed by atoms with E-state index in [1.165, 1.54) is 81.3 Å². The van der Waals surface area contributed by atoms with Crippen LogP contribution in [0.3, 0.4) is 0 Å². The van der Waals surface area contributed by atoms with Gasteiger partial charge in [-0.15, -0.1) is 0 Å². The first-order valence-corrected chi connectivity index (χ1v) is 18.4. The van der Waals surface area contributed by atoms with E-state index >= 15 is 0 Å². The van der Waals surface area contributed by atoms with Gasteiger partial charge in [-0.1, -0.05) is 113 Å². The Morgan fingerprint density at radius 1 is 0.488 bits per heavy atom. The third-order valence-electron chi connectivity index (χ3n) is 11.4. The molecule has 5 aromatic rings. The molecule has 0 radical (unpaired) electrons. The van der Waals surface area contributed by atoms with E-state index in [2.05, 4.69) is 147 Å². The van der Waals surface area contributed by atoms with Crippen LogP contribution in [0.15, 0.2) is 109 Å². The predicted molar refractivity (Wildman–Crippen MR) is 184 cm³/mol. The summed E-state index contributed by atoms with van der Waals surface area (Å²) in [6, 6.07) is 44.8. The van der Waals surface area contributed by atoms with Gasteiger partial charge in [0.05, 0.1) is 17.1 Å². The molecule has 0 aliphatic carbocycles. The fourth-order valence-electron chi connectivity index (χ4n) is 9.23. The number of fused-ring (bicyclic) bond motifs is 8. The van der Waals surface area contributed by atoms with Crippen LogP contribution in [-0.2, 0) is 10.8 Å². The van der Waals surface area contributed by atoms with Crippen molar-refractivity contribution in [3.63, 3.8) is 0 Å². The van der Waals surface area contributed by atoms with Gasteiger partial charge in [0, 0.05) is 27.9 Å². The number of rotatable bonds is 1. The van der Waals surface area contributed by atoms with Crippen molar-refractivity contribution < 1.29 is 0 Å². The molecular formula is C40H38N2Si. The molecule has 0 saturated carbocycles. The Morgan fingerprint density at radius 3 is 1.65 bits per heavy atom. The van der Waals surface area contributed by atoms with Crippen LogP contribution in [0.1, 0.15) is 62.8 Å². The van der Waals surface area contributed by atoms with Gasteiger partial charge in [0.25, 0.3) is 0 Å². The van der Waals surface area contributed by atoms with Gasteiger partial charge in [0.15, 0.2) is 0 Å². The van der Waals surface area contributed by atoms with Gasteiger partial charge >= 0.3 is 0 Å². The van der Waals surface area contributed by atoms with Gasteiger partial charge in [0.1, 0.15) is 8.07 Å². The molecule has 1 spiro atoms. The summed E-state index contributed by atoms with van der Waals surface area (Å²) in [5.74, 6) is 0. The fourth-order valence-corrected chi connectivity index (χ4v) is 14.8. The van der Waals surface area contributed by atoms with E-state index in [-0.39, 0.29) is 10.8 Å². The lowest BCUT2D eigenvalue weighted by Crippen LogP contribution is -2.60. The van der Waals surface area contributed by atoms with Crippen LogP contribution in [0.25, 0.3) is 0 Å². The van der Waals surface area contributed by atoms with Crippen molar-refractivity contribution in [1.82, 2.24) is 0 Å². The number of hydrogen-bond donors (Lipinski definition) is 0. The third kappa shape index (κ3) is 3.13. The summed E-state index contributed by atoms with van der Waals surface area (Å²) in [5.41, 5.74) is 13.4. The van der Waals surface area contributed by atoms with Crippen molar-refractivity contribution in [2.75, 3.05) is 9.80 Å². The number of anilines is 6. The topological polar surface area (TPSA) is 6.48 Å². The van der Waals surface area contributed by atoms with E-state index in [9.17, 15) is 0 Å². The first-order valence-electron chi connectivity index (χ1n) is 16.0. The van der Waals surface area contributed by atoms with Gasteiger partial charge in [-0.2, -0.15) is 0 Å². The molecule has 212 valence electrons. The number of para-hydroxylation sites is 4. The highest BCUT2D eigenvalue weighted by molar-refractivity contribution is 7.05. The average Bonchev–Trinajstić information content (AvgIpc) is 3.52. The monoisotopic (exact) mass is 574 g/mol. The molecule has 4 aliphatic rings. The van der Waals surface area contributed by atoms with Crippen LogP contribution >= 0.6 is 0 Å². The summed E-state index contributed by atoms with van der Waals surface area (Å²) in [6.07, 6.45) is 2.72. The van der Waals surface area contributed by atoms with Crippen LogP contribution in [0.2, 0.25) is 12.1 Å². The molecule has 0 atom stereocenters. The SMILES string of the molecule is CC1(C)c2ccccc2N2c3ccc(N4c5ccccc5[Si]5(CCCC5)c5ccccc54)cc3C(C)(C)c3cccc1c32. The zero-order valence-corrected chi connectivity index (χ0v) is 26.6. The van der Waals surface area contributed by atoms with E-state index in [0.29, 0.717) is 0 Å². The maximum atomic E-state index is 2.58. The zero-order chi connectivity index (χ0) is 29.1. The molecule has 43 heavy (non-hydrogen) atoms. The first-order chi connectivity index (χ1) is 20.8. The Labute approximate surface area is 256 Å². The Kier molecular flexibility index (Phi) is 5.03. The molecule has 0 N–H and O–H groups in total. The minimum Gasteiger partial charge on any atom is -0.311 e. The van der Waals surface area contributed by atoms with E-state index in [1.807, 2.05) is 0 Å². The van der Waals surface area contributed by atoms with Crippen molar-refractivity contribution in [2.45, 2.75) is 63.5 Å². The average molecular weight is 575 g/mol. The number of nitrogens with zero attached hydrogens (tertiary/aromatic N) is 2. The molecule has 1 saturated heterocycles. The summed E-state index contributed by atoms with van der Waals surface area (Å²) in [6.45, 7) is 9.62. The van der Waals surface area contributed by atoms with Crippen molar-refractivity contribution in [1.29, 1.82) is 0 Å². The van der Waals surface area contributed by atoms with Crippen LogP contribution in [-0.4, -0.2) is 8.07 Å². The molecule has 1 fully saturated rings. The summed E-state index contributed by atoms with van der Waals surface area (Å²) in [7, 11) is -1.76. The molecular weight excluding hydrogens is 537 g/mol. The van der Waals surface area contributed by atoms with E-state index in [1.54, 1.807) is 10.4 Å². The zero-order valence-electron chi connectivity index (χ0n) is 25.6. The molecule has 4 aliphatic heterocycles. The molecule has 2 nitrogen and oxygen atoms in total. The predicted octanol–water partition coefficient (Wildman–Crippen LogP) is 9.57. The Balaban J connectivity index is 1.29. The highest BCUT2D eigenvalue weighted by Gasteiger charge is 2.48. The second-order valence-corrected chi connectivity index (χ2v) is 18.4. The smallest absolute Gasteiger partial charge is 0.123 e. The minimum atomic E-state index is -1.76. The molecule has 3 heteroatoms. The van der Waals surface area contributed by atoms with Gasteiger partial charge < -0.3 is 9.80 Å². The molecule has 0 aromatic heterocycles. The number of benzene rings is 5. The largest absolute Gasteiger partial charge is 0.311 e. The summed E-state index contributed by atoms with van der Waals surface area (Å²) < 4.78 is 0. The maximum absolute atomic E-state index is 2.58. The van der Waals surface area contributed by atoms with E-state index in [4.69, 9.17) is 0 Å². The molecule has 0 amide bonds. The maximum Gasteiger partial charge on any atom is 0.123 e. The molecule has 5 aromatic carbocycles. The van der Waals surface area contributed by atoms with Crippen LogP contribution in [0.4, 0.5) is 34.1 Å². The molecule has 0 unspecified atom stereocenters. The highest BCUT2D eigenvalue weighted by Crippen LogP contribution is 2.60. The Hall–Kier alpha value is -4.08. The fraction of sp³-hybridized carbons (Fsp3) is 0.250. The highest BCUT2D eigenvalue weighted by atomic mass is 28.3. The summed E-state index contributed by atoms with van der Waals surface area (Å²) in [4.78, 5) is 5.14. The van der Waals surface area contributed by atoms with E-state index < -0.39 is 8.07 Å². The molecule has 9 rings (SSSR count). The lowest BCUT2D eigenvalue weighted by molar-refractivity contribution is 0.597. The van der Waals surface area contributed by atoms with Gasteiger partial charge in [-0.25, -0.2) is 0 Å². The minimum absolute atomic E-state index is 0.0622. The van der Waals surface area contributed by atoms with Gasteiger partial charge in [-0.3, -0.25) is 0 Å². The van der Waals surface area contributed by atoms with Gasteiger partial charge in [-0.05, 0) is 81.1 Å². The molecule has 4 heterocycles. The van der Waals surface area contributed by atoms with Crippen molar-refractivity contribution in [2.24, 2.45) is 0 Å². The lowest BCUT2D eigenvalue weighted by Gasteiger charge is -2.50. The molecule has 0 bridgehead atoms. The van der Waals surface area contributed by atoms with Crippen LogP contribution in [0.5, 0.6) is 0 Å². The lowest BCUT2D eigenvalue weighted by atomic mass is 9.66. The van der Waals surface area contributed by atoms with Crippen molar-refractivity contribution >= 4 is 52.6 Å². The van der Waals surface area contributed by atoms with Crippen molar-refractivity contribution in [3.05, 3.63) is 131 Å². The second kappa shape index (κ2) is 8.51. The van der Waals surface area contributed by atoms with Gasteiger partial charge in [0.2, 0.25) is 0 Å². The standard InChI is InChI=1S/C40H38N2Si/c1-39(2)28-14-5-6-17-32(28)42-33-23-22-27(26-31(33)40(3,4)30-16-13-15-29(39)38(30)42)41-34-18-7-9-20-36(34)43(24-11-12-25-43)37-21-10-8-19-35(37)41/h5-10,13-23,26H,11-12,24-25H2,1-4H3. The quantitative estimate of drug-likeness (QED) is 0.184. The number of hydrogen-bond acceptors (Lipinski definition) is 2. The van der Waals surface area contributed by atoms with E-state index in [0.717, 1.165) is 0 Å². The summed E-state index contributed by atoms with van der Waals surface area (Å²) >= 11 is 0. The summed E-state index contributed by atoms with van der Waals surface area (Å²) in [5, 5.41) is 3.26. The van der Waals surface area contributed by atoms with Crippen molar-refractivity contribution in [3.8, 4) is 0 Å². The van der Waals surface area contributed by atoms with Crippen LogP contribution in [0, 0.1) is 0 Å². The Bertz CT molecular complexity index is 1910. The third-order valence-corrected chi connectivity index (χ3v) is 16.7.